The highest BCUT2D eigenvalue weighted by Crippen LogP contribution is 2.49. The minimum absolute atomic E-state index is 0.269. The lowest BCUT2D eigenvalue weighted by Gasteiger charge is -2.40. The average molecular weight is 389 g/mol. The van der Waals surface area contributed by atoms with Crippen LogP contribution in [0.4, 0.5) is 0 Å². The number of allylic oxidation sites excluding steroid dienone is 3. The summed E-state index contributed by atoms with van der Waals surface area (Å²) in [6.07, 6.45) is 12.3. The van der Waals surface area contributed by atoms with E-state index in [1.165, 1.54) is 42.9 Å². The summed E-state index contributed by atoms with van der Waals surface area (Å²) in [6.45, 7) is 0.594. The van der Waals surface area contributed by atoms with E-state index in [0.717, 1.165) is 24.2 Å². The minimum Gasteiger partial charge on any atom is -0.489 e. The van der Waals surface area contributed by atoms with Gasteiger partial charge in [0.2, 0.25) is 0 Å². The smallest absolute Gasteiger partial charge is 0.328 e. The molecule has 0 radical (unpaired) electrons. The molecule has 2 aliphatic rings. The van der Waals surface area contributed by atoms with Crippen LogP contribution in [0.3, 0.4) is 0 Å². The molecule has 0 saturated heterocycles. The Kier molecular flexibility index (Phi) is 5.84. The van der Waals surface area contributed by atoms with Crippen LogP contribution >= 0.6 is 0 Å². The summed E-state index contributed by atoms with van der Waals surface area (Å²) in [7, 11) is 0. The predicted molar refractivity (Wildman–Crippen MR) is 115 cm³/mol. The third kappa shape index (κ3) is 4.97. The summed E-state index contributed by atoms with van der Waals surface area (Å²) in [5, 5.41) is 8.92. The Morgan fingerprint density at radius 1 is 1.03 bits per heavy atom. The topological polar surface area (TPSA) is 46.5 Å². The molecule has 1 saturated carbocycles. The molecule has 2 aromatic carbocycles. The Labute approximate surface area is 172 Å². The summed E-state index contributed by atoms with van der Waals surface area (Å²) >= 11 is 0. The van der Waals surface area contributed by atoms with Crippen molar-refractivity contribution in [3.63, 3.8) is 0 Å². The second-order valence-corrected chi connectivity index (χ2v) is 8.37. The quantitative estimate of drug-likeness (QED) is 0.614. The van der Waals surface area contributed by atoms with Gasteiger partial charge in [0, 0.05) is 6.08 Å². The first-order valence-corrected chi connectivity index (χ1v) is 10.5. The van der Waals surface area contributed by atoms with Crippen molar-refractivity contribution in [2.45, 2.75) is 51.0 Å². The van der Waals surface area contributed by atoms with Gasteiger partial charge in [0.05, 0.1) is 0 Å². The molecule has 2 aromatic rings. The molecule has 0 atom stereocenters. The lowest BCUT2D eigenvalue weighted by atomic mass is 9.64. The third-order valence-corrected chi connectivity index (χ3v) is 6.45. The lowest BCUT2D eigenvalue weighted by Crippen LogP contribution is -2.27. The molecule has 2 aliphatic carbocycles. The highest BCUT2D eigenvalue weighted by atomic mass is 16.5. The van der Waals surface area contributed by atoms with Gasteiger partial charge in [-0.25, -0.2) is 4.79 Å². The summed E-state index contributed by atoms with van der Waals surface area (Å²) in [4.78, 5) is 10.9. The zero-order chi connectivity index (χ0) is 20.1. The van der Waals surface area contributed by atoms with Crippen molar-refractivity contribution in [2.24, 2.45) is 5.41 Å². The summed E-state index contributed by atoms with van der Waals surface area (Å²) < 4.78 is 5.91. The molecule has 1 N–H and O–H groups in total. The number of hydrogen-bond acceptors (Lipinski definition) is 2. The predicted octanol–water partition coefficient (Wildman–Crippen LogP) is 6.27. The molecule has 3 nitrogen and oxygen atoms in total. The summed E-state index contributed by atoms with van der Waals surface area (Å²) in [5.41, 5.74) is 3.79. The number of carboxylic acids is 1. The van der Waals surface area contributed by atoms with Crippen molar-refractivity contribution in [1.29, 1.82) is 0 Å². The van der Waals surface area contributed by atoms with Crippen LogP contribution < -0.4 is 4.74 Å². The molecule has 1 spiro atoms. The standard InChI is InChI=1S/C26H28O3/c27-25(28)18-20-10-14-26(15-11-20)16-12-23(13-17-26)22-6-8-24(9-7-22)29-19-21-4-2-1-3-5-21/h1-10,14,18,23H,11-13,15-17,19H2,(H,27,28). The van der Waals surface area contributed by atoms with Crippen molar-refractivity contribution in [3.05, 3.63) is 89.5 Å². The molecular formula is C26H28O3. The van der Waals surface area contributed by atoms with E-state index in [4.69, 9.17) is 9.84 Å². The van der Waals surface area contributed by atoms with Gasteiger partial charge in [-0.05, 0) is 78.7 Å². The summed E-state index contributed by atoms with van der Waals surface area (Å²) in [6, 6.07) is 18.8. The Bertz CT molecular complexity index is 885. The molecule has 0 heterocycles. The van der Waals surface area contributed by atoms with Crippen molar-refractivity contribution < 1.29 is 14.6 Å². The number of carbonyl (C=O) groups is 1. The zero-order valence-electron chi connectivity index (χ0n) is 16.7. The maximum absolute atomic E-state index is 10.9. The fourth-order valence-electron chi connectivity index (χ4n) is 4.64. The Morgan fingerprint density at radius 3 is 2.38 bits per heavy atom. The molecule has 150 valence electrons. The van der Waals surface area contributed by atoms with Crippen molar-refractivity contribution >= 4 is 5.97 Å². The first-order chi connectivity index (χ1) is 14.1. The van der Waals surface area contributed by atoms with Crippen LogP contribution in [0.15, 0.2) is 78.4 Å². The molecule has 4 rings (SSSR count). The van der Waals surface area contributed by atoms with E-state index in [-0.39, 0.29) is 5.41 Å². The van der Waals surface area contributed by atoms with Gasteiger partial charge >= 0.3 is 5.97 Å². The number of rotatable bonds is 5. The monoisotopic (exact) mass is 388 g/mol. The van der Waals surface area contributed by atoms with E-state index in [0.29, 0.717) is 12.5 Å². The van der Waals surface area contributed by atoms with Gasteiger partial charge in [-0.3, -0.25) is 0 Å². The number of hydrogen-bond donors (Lipinski definition) is 1. The van der Waals surface area contributed by atoms with Gasteiger partial charge in [-0.2, -0.15) is 0 Å². The van der Waals surface area contributed by atoms with Crippen molar-refractivity contribution in [2.75, 3.05) is 0 Å². The van der Waals surface area contributed by atoms with Crippen LogP contribution in [-0.2, 0) is 11.4 Å². The van der Waals surface area contributed by atoms with Gasteiger partial charge in [-0.15, -0.1) is 0 Å². The number of benzene rings is 2. The lowest BCUT2D eigenvalue weighted by molar-refractivity contribution is -0.131. The van der Waals surface area contributed by atoms with Crippen LogP contribution in [0.2, 0.25) is 0 Å². The van der Waals surface area contributed by atoms with E-state index >= 15 is 0 Å². The molecule has 0 aromatic heterocycles. The van der Waals surface area contributed by atoms with Crippen LogP contribution in [0.25, 0.3) is 0 Å². The Balaban J connectivity index is 1.31. The van der Waals surface area contributed by atoms with E-state index in [9.17, 15) is 4.79 Å². The van der Waals surface area contributed by atoms with Gasteiger partial charge in [0.15, 0.2) is 0 Å². The van der Waals surface area contributed by atoms with Crippen LogP contribution in [0, 0.1) is 5.41 Å². The first-order valence-electron chi connectivity index (χ1n) is 10.5. The maximum Gasteiger partial charge on any atom is 0.328 e. The third-order valence-electron chi connectivity index (χ3n) is 6.45. The molecule has 0 amide bonds. The van der Waals surface area contributed by atoms with Crippen molar-refractivity contribution in [1.82, 2.24) is 0 Å². The number of ether oxygens (including phenoxy) is 1. The summed E-state index contributed by atoms with van der Waals surface area (Å²) in [5.74, 6) is 0.673. The first kappa shape index (κ1) is 19.5. The highest BCUT2D eigenvalue weighted by molar-refractivity contribution is 5.81. The zero-order valence-corrected chi connectivity index (χ0v) is 16.7. The molecule has 0 unspecified atom stereocenters. The highest BCUT2D eigenvalue weighted by Gasteiger charge is 2.35. The molecule has 0 aliphatic heterocycles. The van der Waals surface area contributed by atoms with Gasteiger partial charge in [0.1, 0.15) is 12.4 Å². The number of carboxylic acid groups (broad SMARTS) is 1. The van der Waals surface area contributed by atoms with Crippen LogP contribution in [0.5, 0.6) is 5.75 Å². The van der Waals surface area contributed by atoms with E-state index in [1.807, 2.05) is 24.3 Å². The minimum atomic E-state index is -0.847. The second kappa shape index (κ2) is 8.69. The normalized spacial score (nSPS) is 25.2. The largest absolute Gasteiger partial charge is 0.489 e. The molecule has 3 heteroatoms. The maximum atomic E-state index is 10.9. The Hall–Kier alpha value is -2.81. The molecule has 29 heavy (non-hydrogen) atoms. The fourth-order valence-corrected chi connectivity index (χ4v) is 4.64. The number of aliphatic carboxylic acids is 1. The van der Waals surface area contributed by atoms with Gasteiger partial charge in [0.25, 0.3) is 0 Å². The molecule has 0 bridgehead atoms. The molecule has 1 fully saturated rings. The van der Waals surface area contributed by atoms with E-state index in [2.05, 4.69) is 42.5 Å². The van der Waals surface area contributed by atoms with Gasteiger partial charge in [-0.1, -0.05) is 54.6 Å². The SMILES string of the molecule is O=C(O)C=C1C=CC2(CC1)CCC(c1ccc(OCc3ccccc3)cc1)CC2. The van der Waals surface area contributed by atoms with E-state index < -0.39 is 5.97 Å². The van der Waals surface area contributed by atoms with Gasteiger partial charge < -0.3 is 9.84 Å². The molecular weight excluding hydrogens is 360 g/mol. The van der Waals surface area contributed by atoms with Crippen LogP contribution in [-0.4, -0.2) is 11.1 Å². The van der Waals surface area contributed by atoms with Crippen molar-refractivity contribution in [3.8, 4) is 5.75 Å². The average Bonchev–Trinajstić information content (AvgIpc) is 2.76. The van der Waals surface area contributed by atoms with E-state index in [1.54, 1.807) is 0 Å². The fraction of sp³-hybridized carbons (Fsp3) is 0.346. The van der Waals surface area contributed by atoms with Crippen LogP contribution in [0.1, 0.15) is 55.6 Å². The Morgan fingerprint density at radius 2 is 1.76 bits per heavy atom. The second-order valence-electron chi connectivity index (χ2n) is 8.37.